The van der Waals surface area contributed by atoms with Crippen molar-refractivity contribution in [2.75, 3.05) is 0 Å². The van der Waals surface area contributed by atoms with Gasteiger partial charge in [0.2, 0.25) is 0 Å². The van der Waals surface area contributed by atoms with Gasteiger partial charge >= 0.3 is 0 Å². The molecule has 1 heterocycles. The van der Waals surface area contributed by atoms with Crippen molar-refractivity contribution in [3.8, 4) is 11.4 Å². The van der Waals surface area contributed by atoms with Crippen LogP contribution in [0, 0.1) is 0 Å². The molecule has 0 saturated heterocycles. The molecule has 0 unspecified atom stereocenters. The molecule has 0 atom stereocenters. The Kier molecular flexibility index (Phi) is 2.63. The fraction of sp³-hybridized carbons (Fsp3) is 0.250. The van der Waals surface area contributed by atoms with Gasteiger partial charge in [-0.15, -0.1) is 0 Å². The molecule has 2 nitrogen and oxygen atoms in total. The number of hydrogen-bond donors (Lipinski definition) is 1. The molecule has 0 saturated carbocycles. The third-order valence-electron chi connectivity index (χ3n) is 2.26. The van der Waals surface area contributed by atoms with Gasteiger partial charge in [-0.25, -0.2) is 4.98 Å². The molecular formula is C12H14N2. The van der Waals surface area contributed by atoms with Crippen molar-refractivity contribution in [2.45, 2.75) is 19.8 Å². The predicted octanol–water partition coefficient (Wildman–Crippen LogP) is 3.03. The van der Waals surface area contributed by atoms with Gasteiger partial charge in [-0.2, -0.15) is 0 Å². The molecule has 0 amide bonds. The number of rotatable bonds is 3. The lowest BCUT2D eigenvalue weighted by Gasteiger charge is -2.00. The maximum atomic E-state index is 4.21. The lowest BCUT2D eigenvalue weighted by atomic mass is 10.1. The minimum atomic E-state index is 0.938. The molecule has 0 aliphatic rings. The fourth-order valence-corrected chi connectivity index (χ4v) is 1.54. The Bertz CT molecular complexity index is 373. The molecule has 0 aliphatic heterocycles. The van der Waals surface area contributed by atoms with Crippen molar-refractivity contribution >= 4 is 0 Å². The minimum Gasteiger partial charge on any atom is -0.345 e. The zero-order valence-corrected chi connectivity index (χ0v) is 8.33. The lowest BCUT2D eigenvalue weighted by Crippen LogP contribution is -1.84. The second-order valence-electron chi connectivity index (χ2n) is 3.38. The van der Waals surface area contributed by atoms with Crippen LogP contribution in [0.1, 0.15) is 18.9 Å². The maximum Gasteiger partial charge on any atom is 0.137 e. The van der Waals surface area contributed by atoms with Crippen LogP contribution in [0.2, 0.25) is 0 Å². The summed E-state index contributed by atoms with van der Waals surface area (Å²) in [7, 11) is 0. The normalized spacial score (nSPS) is 10.4. The highest BCUT2D eigenvalue weighted by molar-refractivity contribution is 5.54. The number of H-pyrrole nitrogens is 1. The number of aryl methyl sites for hydroxylation is 1. The Hall–Kier alpha value is -1.57. The summed E-state index contributed by atoms with van der Waals surface area (Å²) >= 11 is 0. The summed E-state index contributed by atoms with van der Waals surface area (Å²) in [6, 6.07) is 8.57. The van der Waals surface area contributed by atoms with Crippen LogP contribution in [0.15, 0.2) is 36.7 Å². The van der Waals surface area contributed by atoms with E-state index in [1.807, 2.05) is 6.20 Å². The first-order valence-corrected chi connectivity index (χ1v) is 4.99. The Morgan fingerprint density at radius 2 is 2.00 bits per heavy atom. The monoisotopic (exact) mass is 186 g/mol. The van der Waals surface area contributed by atoms with Gasteiger partial charge in [0.1, 0.15) is 5.82 Å². The van der Waals surface area contributed by atoms with Crippen LogP contribution in [0.5, 0.6) is 0 Å². The predicted molar refractivity (Wildman–Crippen MR) is 58.0 cm³/mol. The number of benzene rings is 1. The molecule has 1 aromatic carbocycles. The van der Waals surface area contributed by atoms with E-state index in [0.717, 1.165) is 17.8 Å². The van der Waals surface area contributed by atoms with Crippen molar-refractivity contribution < 1.29 is 0 Å². The molecule has 14 heavy (non-hydrogen) atoms. The van der Waals surface area contributed by atoms with Gasteiger partial charge in [0.25, 0.3) is 0 Å². The van der Waals surface area contributed by atoms with E-state index in [-0.39, 0.29) is 0 Å². The summed E-state index contributed by atoms with van der Waals surface area (Å²) in [5, 5.41) is 0. The smallest absolute Gasteiger partial charge is 0.137 e. The number of nitrogens with one attached hydrogen (secondary N) is 1. The number of hydrogen-bond acceptors (Lipinski definition) is 1. The molecule has 0 radical (unpaired) electrons. The number of imidazole rings is 1. The standard InChI is InChI=1S/C12H14N2/c1-2-3-10-4-6-11(7-5-10)12-13-8-9-14-12/h4-9H,2-3H2,1H3,(H,13,14). The molecule has 72 valence electrons. The molecule has 0 bridgehead atoms. The van der Waals surface area contributed by atoms with Crippen molar-refractivity contribution in [1.82, 2.24) is 9.97 Å². The summed E-state index contributed by atoms with van der Waals surface area (Å²) in [6.07, 6.45) is 5.96. The van der Waals surface area contributed by atoms with Crippen LogP contribution in [-0.2, 0) is 6.42 Å². The summed E-state index contributed by atoms with van der Waals surface area (Å²) < 4.78 is 0. The second-order valence-corrected chi connectivity index (χ2v) is 3.38. The van der Waals surface area contributed by atoms with E-state index < -0.39 is 0 Å². The highest BCUT2D eigenvalue weighted by Gasteiger charge is 1.98. The van der Waals surface area contributed by atoms with Gasteiger partial charge in [-0.1, -0.05) is 37.6 Å². The molecule has 2 rings (SSSR count). The van der Waals surface area contributed by atoms with Crippen LogP contribution in [0.3, 0.4) is 0 Å². The Morgan fingerprint density at radius 3 is 2.57 bits per heavy atom. The lowest BCUT2D eigenvalue weighted by molar-refractivity contribution is 0.922. The molecule has 1 N–H and O–H groups in total. The van der Waals surface area contributed by atoms with Gasteiger partial charge < -0.3 is 4.98 Å². The van der Waals surface area contributed by atoms with Crippen molar-refractivity contribution in [2.24, 2.45) is 0 Å². The van der Waals surface area contributed by atoms with Gasteiger partial charge in [0, 0.05) is 18.0 Å². The molecule has 0 spiro atoms. The Morgan fingerprint density at radius 1 is 1.21 bits per heavy atom. The average Bonchev–Trinajstić information content (AvgIpc) is 2.72. The van der Waals surface area contributed by atoms with E-state index in [1.54, 1.807) is 6.20 Å². The quantitative estimate of drug-likeness (QED) is 0.784. The zero-order valence-electron chi connectivity index (χ0n) is 8.33. The molecule has 2 aromatic rings. The third kappa shape index (κ3) is 1.84. The van der Waals surface area contributed by atoms with Crippen LogP contribution in [-0.4, -0.2) is 9.97 Å². The second kappa shape index (κ2) is 4.09. The Labute approximate surface area is 84.0 Å². The summed E-state index contributed by atoms with van der Waals surface area (Å²) in [6.45, 7) is 2.19. The van der Waals surface area contributed by atoms with Crippen LogP contribution in [0.4, 0.5) is 0 Å². The van der Waals surface area contributed by atoms with Crippen LogP contribution in [0.25, 0.3) is 11.4 Å². The summed E-state index contributed by atoms with van der Waals surface area (Å²) in [4.78, 5) is 7.30. The van der Waals surface area contributed by atoms with Gasteiger partial charge in [0.05, 0.1) is 0 Å². The van der Waals surface area contributed by atoms with Gasteiger partial charge in [-0.3, -0.25) is 0 Å². The molecule has 1 aromatic heterocycles. The van der Waals surface area contributed by atoms with E-state index in [4.69, 9.17) is 0 Å². The van der Waals surface area contributed by atoms with E-state index >= 15 is 0 Å². The topological polar surface area (TPSA) is 28.7 Å². The average molecular weight is 186 g/mol. The molecule has 0 fully saturated rings. The Balaban J connectivity index is 2.22. The van der Waals surface area contributed by atoms with Crippen molar-refractivity contribution in [3.63, 3.8) is 0 Å². The van der Waals surface area contributed by atoms with E-state index in [1.165, 1.54) is 12.0 Å². The minimum absolute atomic E-state index is 0.938. The van der Waals surface area contributed by atoms with Crippen LogP contribution >= 0.6 is 0 Å². The first-order chi connectivity index (χ1) is 6.90. The van der Waals surface area contributed by atoms with E-state index in [0.29, 0.717) is 0 Å². The first-order valence-electron chi connectivity index (χ1n) is 4.99. The number of aromatic nitrogens is 2. The zero-order chi connectivity index (χ0) is 9.80. The number of nitrogens with zero attached hydrogens (tertiary/aromatic N) is 1. The maximum absolute atomic E-state index is 4.21. The van der Waals surface area contributed by atoms with Gasteiger partial charge in [-0.05, 0) is 12.0 Å². The fourth-order valence-electron chi connectivity index (χ4n) is 1.54. The summed E-state index contributed by atoms with van der Waals surface area (Å²) in [5.41, 5.74) is 2.54. The first kappa shape index (κ1) is 9.00. The molecule has 2 heteroatoms. The van der Waals surface area contributed by atoms with Crippen molar-refractivity contribution in [3.05, 3.63) is 42.2 Å². The van der Waals surface area contributed by atoms with E-state index in [2.05, 4.69) is 41.2 Å². The highest BCUT2D eigenvalue weighted by atomic mass is 14.9. The van der Waals surface area contributed by atoms with Crippen molar-refractivity contribution in [1.29, 1.82) is 0 Å². The largest absolute Gasteiger partial charge is 0.345 e. The molecular weight excluding hydrogens is 172 g/mol. The number of aromatic amines is 1. The van der Waals surface area contributed by atoms with Gasteiger partial charge in [0.15, 0.2) is 0 Å². The van der Waals surface area contributed by atoms with E-state index in [9.17, 15) is 0 Å². The highest BCUT2D eigenvalue weighted by Crippen LogP contribution is 2.15. The van der Waals surface area contributed by atoms with Crippen LogP contribution < -0.4 is 0 Å². The third-order valence-corrected chi connectivity index (χ3v) is 2.26. The SMILES string of the molecule is CCCc1ccc(-c2ncc[nH]2)cc1. The molecule has 0 aliphatic carbocycles. The summed E-state index contributed by atoms with van der Waals surface area (Å²) in [5.74, 6) is 0.938.